The van der Waals surface area contributed by atoms with Gasteiger partial charge in [0.25, 0.3) is 0 Å². The molecule has 2 amide bonds. The van der Waals surface area contributed by atoms with Crippen LogP contribution in [0.15, 0.2) is 67.0 Å². The Balaban J connectivity index is 1.34. The number of benzene rings is 2. The molecule has 0 aliphatic carbocycles. The van der Waals surface area contributed by atoms with E-state index in [0.29, 0.717) is 17.2 Å². The third-order valence-electron chi connectivity index (χ3n) is 7.70. The summed E-state index contributed by atoms with van der Waals surface area (Å²) in [6.07, 6.45) is 5.01. The highest BCUT2D eigenvalue weighted by molar-refractivity contribution is 6.00. The number of aryl methyl sites for hydroxylation is 2. The molecule has 4 aromatic rings. The van der Waals surface area contributed by atoms with E-state index in [-0.39, 0.29) is 29.1 Å². The van der Waals surface area contributed by atoms with Crippen molar-refractivity contribution in [3.63, 3.8) is 0 Å². The molecule has 1 unspecified atom stereocenters. The van der Waals surface area contributed by atoms with E-state index in [9.17, 15) is 9.59 Å². The van der Waals surface area contributed by atoms with Crippen LogP contribution in [0, 0.1) is 19.8 Å². The fourth-order valence-corrected chi connectivity index (χ4v) is 5.27. The van der Waals surface area contributed by atoms with Crippen LogP contribution in [0.4, 0.5) is 16.3 Å². The van der Waals surface area contributed by atoms with Crippen LogP contribution in [0.25, 0.3) is 5.69 Å². The molecule has 5 rings (SSSR count). The van der Waals surface area contributed by atoms with Gasteiger partial charge < -0.3 is 10.6 Å². The molecule has 1 fully saturated rings. The van der Waals surface area contributed by atoms with Crippen LogP contribution in [-0.2, 0) is 5.41 Å². The number of hydrogen-bond donors (Lipinski definition) is 3. The van der Waals surface area contributed by atoms with Gasteiger partial charge >= 0.3 is 6.03 Å². The highest BCUT2D eigenvalue weighted by Gasteiger charge is 2.32. The van der Waals surface area contributed by atoms with Gasteiger partial charge in [0, 0.05) is 23.4 Å². The number of hydrogen-bond acceptors (Lipinski definition) is 6. The van der Waals surface area contributed by atoms with Gasteiger partial charge in [0.05, 0.1) is 29.2 Å². The van der Waals surface area contributed by atoms with Gasteiger partial charge in [-0.2, -0.15) is 5.10 Å². The van der Waals surface area contributed by atoms with Crippen molar-refractivity contribution in [2.24, 2.45) is 5.92 Å². The molecular formula is C33H39N7O2. The minimum absolute atomic E-state index is 0.0214. The highest BCUT2D eigenvalue weighted by Crippen LogP contribution is 2.34. The molecule has 0 spiro atoms. The average Bonchev–Trinajstić information content (AvgIpc) is 3.39. The monoisotopic (exact) mass is 565 g/mol. The van der Waals surface area contributed by atoms with Crippen LogP contribution in [0.1, 0.15) is 72.5 Å². The molecule has 1 saturated heterocycles. The molecule has 2 aromatic carbocycles. The topological polar surface area (TPSA) is 114 Å². The van der Waals surface area contributed by atoms with Crippen molar-refractivity contribution in [2.75, 3.05) is 23.7 Å². The van der Waals surface area contributed by atoms with Crippen LogP contribution in [-0.4, -0.2) is 44.7 Å². The Bertz CT molecular complexity index is 1530. The molecule has 0 bridgehead atoms. The number of carbonyl (C=O) groups excluding carboxylic acids is 2. The molecule has 9 heteroatoms. The number of urea groups is 1. The number of piperidine rings is 1. The standard InChI is InChI=1S/C33H39N7O2/c1-21-6-12-26(13-7-21)40-29(18-28(39-40)33(3,4)5)38-32(42)37-25-10-8-23(9-11-25)30(24-14-16-34-17-15-24)31(41)27-20-35-22(2)19-36-27/h6-13,18-20,24,30,34H,14-17H2,1-5H3,(H2,37,38,42). The van der Waals surface area contributed by atoms with Crippen molar-refractivity contribution < 1.29 is 9.59 Å². The Hall–Kier alpha value is -4.37. The number of ketones is 1. The Morgan fingerprint density at radius 1 is 0.929 bits per heavy atom. The molecule has 1 aliphatic heterocycles. The van der Waals surface area contributed by atoms with Gasteiger partial charge in [-0.25, -0.2) is 14.5 Å². The zero-order valence-corrected chi connectivity index (χ0v) is 24.9. The first-order valence-corrected chi connectivity index (χ1v) is 14.5. The quantitative estimate of drug-likeness (QED) is 0.230. The Kier molecular flexibility index (Phi) is 8.49. The van der Waals surface area contributed by atoms with Crippen molar-refractivity contribution in [3.05, 3.63) is 95.2 Å². The second-order valence-electron chi connectivity index (χ2n) is 12.1. The normalized spacial score (nSPS) is 14.8. The van der Waals surface area contributed by atoms with Gasteiger partial charge in [-0.3, -0.25) is 15.1 Å². The number of anilines is 2. The molecular weight excluding hydrogens is 526 g/mol. The van der Waals surface area contributed by atoms with Crippen LogP contribution < -0.4 is 16.0 Å². The molecule has 1 atom stereocenters. The van der Waals surface area contributed by atoms with Gasteiger partial charge in [0.1, 0.15) is 11.5 Å². The lowest BCUT2D eigenvalue weighted by Crippen LogP contribution is -2.34. The largest absolute Gasteiger partial charge is 0.324 e. The first kappa shape index (κ1) is 29.1. The van der Waals surface area contributed by atoms with Gasteiger partial charge in [0.15, 0.2) is 5.78 Å². The number of nitrogens with zero attached hydrogens (tertiary/aromatic N) is 4. The molecule has 0 saturated carbocycles. The minimum Gasteiger partial charge on any atom is -0.317 e. The van der Waals surface area contributed by atoms with E-state index in [1.807, 2.05) is 68.4 Å². The summed E-state index contributed by atoms with van der Waals surface area (Å²) in [5.41, 5.74) is 5.38. The number of rotatable bonds is 7. The zero-order chi connectivity index (χ0) is 29.9. The fraction of sp³-hybridized carbons (Fsp3) is 0.364. The van der Waals surface area contributed by atoms with E-state index in [1.165, 1.54) is 0 Å². The summed E-state index contributed by atoms with van der Waals surface area (Å²) in [6.45, 7) is 11.9. The van der Waals surface area contributed by atoms with Gasteiger partial charge in [0.2, 0.25) is 0 Å². The van der Waals surface area contributed by atoms with Crippen LogP contribution in [0.5, 0.6) is 0 Å². The predicted octanol–water partition coefficient (Wildman–Crippen LogP) is 6.19. The third kappa shape index (κ3) is 6.74. The van der Waals surface area contributed by atoms with E-state index < -0.39 is 0 Å². The lowest BCUT2D eigenvalue weighted by Gasteiger charge is -2.30. The van der Waals surface area contributed by atoms with Crippen LogP contribution >= 0.6 is 0 Å². The summed E-state index contributed by atoms with van der Waals surface area (Å²) in [5.74, 6) is 0.426. The number of amides is 2. The predicted molar refractivity (Wildman–Crippen MR) is 166 cm³/mol. The van der Waals surface area contributed by atoms with E-state index in [4.69, 9.17) is 5.10 Å². The van der Waals surface area contributed by atoms with Gasteiger partial charge in [-0.1, -0.05) is 50.6 Å². The van der Waals surface area contributed by atoms with Gasteiger partial charge in [-0.15, -0.1) is 0 Å². The van der Waals surface area contributed by atoms with E-state index >= 15 is 0 Å². The zero-order valence-electron chi connectivity index (χ0n) is 24.9. The summed E-state index contributed by atoms with van der Waals surface area (Å²) in [6, 6.07) is 17.1. The molecule has 218 valence electrons. The second kappa shape index (κ2) is 12.2. The van der Waals surface area contributed by atoms with E-state index in [1.54, 1.807) is 17.1 Å². The minimum atomic E-state index is -0.377. The van der Waals surface area contributed by atoms with Crippen molar-refractivity contribution in [1.82, 2.24) is 25.1 Å². The van der Waals surface area contributed by atoms with Gasteiger partial charge in [-0.05, 0) is 75.5 Å². The molecule has 1 aliphatic rings. The van der Waals surface area contributed by atoms with Crippen LogP contribution in [0.3, 0.4) is 0 Å². The van der Waals surface area contributed by atoms with Crippen molar-refractivity contribution in [1.29, 1.82) is 0 Å². The molecule has 3 heterocycles. The first-order chi connectivity index (χ1) is 20.1. The molecule has 3 N–H and O–H groups in total. The first-order valence-electron chi connectivity index (χ1n) is 14.5. The molecule has 42 heavy (non-hydrogen) atoms. The maximum atomic E-state index is 13.7. The lowest BCUT2D eigenvalue weighted by molar-refractivity contribution is 0.0910. The van der Waals surface area contributed by atoms with Crippen molar-refractivity contribution in [2.45, 2.75) is 58.8 Å². The Labute approximate surface area is 247 Å². The summed E-state index contributed by atoms with van der Waals surface area (Å²) >= 11 is 0. The summed E-state index contributed by atoms with van der Waals surface area (Å²) in [4.78, 5) is 35.4. The SMILES string of the molecule is Cc1ccc(-n2nc(C(C)(C)C)cc2NC(=O)Nc2ccc(C(C(=O)c3cnc(C)cn3)C3CCNCC3)cc2)cc1. The smallest absolute Gasteiger partial charge is 0.317 e. The Morgan fingerprint density at radius 3 is 2.24 bits per heavy atom. The highest BCUT2D eigenvalue weighted by atomic mass is 16.2. The molecule has 0 radical (unpaired) electrons. The lowest BCUT2D eigenvalue weighted by atomic mass is 9.77. The molecule has 9 nitrogen and oxygen atoms in total. The molecule has 2 aromatic heterocycles. The number of Topliss-reactive ketones (excluding diaryl/α,β-unsaturated/α-hetero) is 1. The Morgan fingerprint density at radius 2 is 1.62 bits per heavy atom. The second-order valence-corrected chi connectivity index (χ2v) is 12.1. The fourth-order valence-electron chi connectivity index (χ4n) is 5.27. The number of carbonyl (C=O) groups is 2. The third-order valence-corrected chi connectivity index (χ3v) is 7.70. The summed E-state index contributed by atoms with van der Waals surface area (Å²) in [7, 11) is 0. The van der Waals surface area contributed by atoms with Crippen LogP contribution in [0.2, 0.25) is 0 Å². The van der Waals surface area contributed by atoms with E-state index in [0.717, 1.165) is 54.1 Å². The van der Waals surface area contributed by atoms with Crippen molar-refractivity contribution in [3.8, 4) is 5.69 Å². The summed E-state index contributed by atoms with van der Waals surface area (Å²) in [5, 5.41) is 14.1. The average molecular weight is 566 g/mol. The maximum Gasteiger partial charge on any atom is 0.324 e. The van der Waals surface area contributed by atoms with E-state index in [2.05, 4.69) is 46.7 Å². The maximum absolute atomic E-state index is 13.7. The van der Waals surface area contributed by atoms with Crippen molar-refractivity contribution >= 4 is 23.3 Å². The number of nitrogens with one attached hydrogen (secondary N) is 3. The summed E-state index contributed by atoms with van der Waals surface area (Å²) < 4.78 is 1.76. The number of aromatic nitrogens is 4.